The molecule has 0 fully saturated rings. The van der Waals surface area contributed by atoms with Gasteiger partial charge in [-0.05, 0) is 29.7 Å². The third kappa shape index (κ3) is 3.06. The van der Waals surface area contributed by atoms with Crippen LogP contribution in [0.4, 0.5) is 15.2 Å². The van der Waals surface area contributed by atoms with Crippen LogP contribution in [0.15, 0.2) is 66.0 Å². The Balaban J connectivity index is 1.64. The number of thiazole rings is 1. The number of methoxy groups -OCH3 is 1. The van der Waals surface area contributed by atoms with Gasteiger partial charge in [0.15, 0.2) is 16.7 Å². The molecule has 0 saturated heterocycles. The van der Waals surface area contributed by atoms with Crippen molar-refractivity contribution < 1.29 is 9.13 Å². The van der Waals surface area contributed by atoms with E-state index in [0.29, 0.717) is 0 Å². The lowest BCUT2D eigenvalue weighted by molar-refractivity contribution is 0.386. The zero-order chi connectivity index (χ0) is 17.2. The fraction of sp³-hybridized carbons (Fsp3) is 0.0500. The Morgan fingerprint density at radius 2 is 1.88 bits per heavy atom. The fourth-order valence-corrected chi connectivity index (χ4v) is 3.47. The molecule has 0 atom stereocenters. The summed E-state index contributed by atoms with van der Waals surface area (Å²) in [7, 11) is 1.45. The van der Waals surface area contributed by atoms with Gasteiger partial charge in [0.25, 0.3) is 0 Å². The van der Waals surface area contributed by atoms with Crippen LogP contribution in [0.1, 0.15) is 0 Å². The van der Waals surface area contributed by atoms with E-state index in [1.807, 2.05) is 29.6 Å². The topological polar surface area (TPSA) is 34.1 Å². The molecule has 0 radical (unpaired) electrons. The maximum atomic E-state index is 13.9. The summed E-state index contributed by atoms with van der Waals surface area (Å²) in [5.74, 6) is -0.162. The average Bonchev–Trinajstić information content (AvgIpc) is 3.10. The van der Waals surface area contributed by atoms with Crippen LogP contribution in [0, 0.1) is 5.82 Å². The zero-order valence-electron chi connectivity index (χ0n) is 13.5. The number of benzene rings is 3. The van der Waals surface area contributed by atoms with Crippen molar-refractivity contribution in [3.05, 3.63) is 71.9 Å². The summed E-state index contributed by atoms with van der Waals surface area (Å²) in [6, 6.07) is 19.2. The van der Waals surface area contributed by atoms with Crippen molar-refractivity contribution in [3.63, 3.8) is 0 Å². The summed E-state index contributed by atoms with van der Waals surface area (Å²) >= 11 is 1.49. The summed E-state index contributed by atoms with van der Waals surface area (Å²) in [6.45, 7) is 0. The Bertz CT molecular complexity index is 1040. The van der Waals surface area contributed by atoms with E-state index >= 15 is 0 Å². The Hall–Kier alpha value is -2.92. The second-order valence-electron chi connectivity index (χ2n) is 5.54. The first-order chi connectivity index (χ1) is 12.2. The maximum absolute atomic E-state index is 13.9. The molecule has 3 aromatic carbocycles. The molecule has 4 rings (SSSR count). The van der Waals surface area contributed by atoms with E-state index in [-0.39, 0.29) is 5.75 Å². The lowest BCUT2D eigenvalue weighted by Gasteiger charge is -2.07. The van der Waals surface area contributed by atoms with Gasteiger partial charge in [-0.1, -0.05) is 36.4 Å². The van der Waals surface area contributed by atoms with Crippen molar-refractivity contribution in [1.82, 2.24) is 4.98 Å². The van der Waals surface area contributed by atoms with Crippen LogP contribution in [0.3, 0.4) is 0 Å². The highest BCUT2D eigenvalue weighted by Crippen LogP contribution is 2.31. The molecule has 124 valence electrons. The largest absolute Gasteiger partial charge is 0.494 e. The molecule has 0 amide bonds. The van der Waals surface area contributed by atoms with E-state index in [1.54, 1.807) is 12.1 Å². The Morgan fingerprint density at radius 1 is 1.04 bits per heavy atom. The van der Waals surface area contributed by atoms with Crippen LogP contribution in [0.25, 0.3) is 22.0 Å². The number of halogens is 1. The number of aromatic nitrogens is 1. The highest BCUT2D eigenvalue weighted by atomic mass is 32.1. The molecular weight excluding hydrogens is 335 g/mol. The summed E-state index contributed by atoms with van der Waals surface area (Å²) in [6.07, 6.45) is 0. The quantitative estimate of drug-likeness (QED) is 0.501. The highest BCUT2D eigenvalue weighted by Gasteiger charge is 2.09. The second-order valence-corrected chi connectivity index (χ2v) is 6.40. The maximum Gasteiger partial charge on any atom is 0.187 e. The fourth-order valence-electron chi connectivity index (χ4n) is 2.74. The van der Waals surface area contributed by atoms with Gasteiger partial charge in [0.05, 0.1) is 12.8 Å². The minimum absolute atomic E-state index is 0.230. The van der Waals surface area contributed by atoms with Gasteiger partial charge in [-0.2, -0.15) is 0 Å². The third-order valence-corrected chi connectivity index (χ3v) is 4.74. The first-order valence-corrected chi connectivity index (χ1v) is 8.67. The molecule has 0 aliphatic rings. The smallest absolute Gasteiger partial charge is 0.187 e. The summed E-state index contributed by atoms with van der Waals surface area (Å²) in [4.78, 5) is 4.58. The molecule has 1 N–H and O–H groups in total. The molecule has 0 saturated carbocycles. The standard InChI is InChI=1S/C20H15FN2OS/c1-24-19-10-9-14(11-16(19)21)18-12-25-20(23-18)22-17-8-4-6-13-5-2-3-7-15(13)17/h2-12H,1H3,(H,22,23). The minimum atomic E-state index is -0.392. The molecule has 25 heavy (non-hydrogen) atoms. The predicted octanol–water partition coefficient (Wildman–Crippen LogP) is 5.85. The Kier molecular flexibility index (Phi) is 4.07. The first kappa shape index (κ1) is 15.6. The van der Waals surface area contributed by atoms with Crippen molar-refractivity contribution in [2.45, 2.75) is 0 Å². The van der Waals surface area contributed by atoms with E-state index in [1.165, 1.54) is 29.9 Å². The first-order valence-electron chi connectivity index (χ1n) is 7.79. The number of hydrogen-bond acceptors (Lipinski definition) is 4. The molecule has 1 heterocycles. The summed E-state index contributed by atoms with van der Waals surface area (Å²) in [5.41, 5.74) is 2.45. The number of nitrogens with one attached hydrogen (secondary N) is 1. The average molecular weight is 350 g/mol. The van der Waals surface area contributed by atoms with Crippen molar-refractivity contribution >= 4 is 32.9 Å². The number of rotatable bonds is 4. The monoisotopic (exact) mass is 350 g/mol. The van der Waals surface area contributed by atoms with E-state index in [2.05, 4.69) is 28.5 Å². The third-order valence-electron chi connectivity index (χ3n) is 3.98. The van der Waals surface area contributed by atoms with Gasteiger partial charge in [-0.15, -0.1) is 11.3 Å². The summed E-state index contributed by atoms with van der Waals surface area (Å²) in [5, 5.41) is 8.35. The van der Waals surface area contributed by atoms with Crippen LogP contribution in [0.2, 0.25) is 0 Å². The van der Waals surface area contributed by atoms with Crippen LogP contribution in [0.5, 0.6) is 5.75 Å². The minimum Gasteiger partial charge on any atom is -0.494 e. The SMILES string of the molecule is COc1ccc(-c2csc(Nc3cccc4ccccc34)n2)cc1F. The molecular formula is C20H15FN2OS. The second kappa shape index (κ2) is 6.53. The number of anilines is 2. The van der Waals surface area contributed by atoms with E-state index in [0.717, 1.165) is 27.5 Å². The number of nitrogens with zero attached hydrogens (tertiary/aromatic N) is 1. The molecule has 0 aliphatic heterocycles. The normalized spacial score (nSPS) is 10.8. The molecule has 1 aromatic heterocycles. The van der Waals surface area contributed by atoms with Crippen molar-refractivity contribution in [1.29, 1.82) is 0 Å². The van der Waals surface area contributed by atoms with Gasteiger partial charge in [-0.3, -0.25) is 0 Å². The molecule has 0 aliphatic carbocycles. The predicted molar refractivity (Wildman–Crippen MR) is 101 cm³/mol. The van der Waals surface area contributed by atoms with Crippen LogP contribution in [-0.4, -0.2) is 12.1 Å². The highest BCUT2D eigenvalue weighted by molar-refractivity contribution is 7.14. The molecule has 0 unspecified atom stereocenters. The van der Waals surface area contributed by atoms with Gasteiger partial charge in [0, 0.05) is 22.0 Å². The van der Waals surface area contributed by atoms with E-state index < -0.39 is 5.82 Å². The van der Waals surface area contributed by atoms with Gasteiger partial charge >= 0.3 is 0 Å². The lowest BCUT2D eigenvalue weighted by Crippen LogP contribution is -1.91. The number of hydrogen-bond donors (Lipinski definition) is 1. The van der Waals surface area contributed by atoms with Gasteiger partial charge in [-0.25, -0.2) is 9.37 Å². The number of fused-ring (bicyclic) bond motifs is 1. The van der Waals surface area contributed by atoms with Crippen molar-refractivity contribution in [2.24, 2.45) is 0 Å². The van der Waals surface area contributed by atoms with Gasteiger partial charge in [0.2, 0.25) is 0 Å². The molecule has 4 aromatic rings. The molecule has 3 nitrogen and oxygen atoms in total. The van der Waals surface area contributed by atoms with Crippen LogP contribution < -0.4 is 10.1 Å². The van der Waals surface area contributed by atoms with Gasteiger partial charge in [0.1, 0.15) is 0 Å². The van der Waals surface area contributed by atoms with E-state index in [4.69, 9.17) is 4.74 Å². The zero-order valence-corrected chi connectivity index (χ0v) is 14.3. The molecule has 0 bridgehead atoms. The van der Waals surface area contributed by atoms with Crippen LogP contribution in [-0.2, 0) is 0 Å². The molecule has 0 spiro atoms. The van der Waals surface area contributed by atoms with E-state index in [9.17, 15) is 4.39 Å². The Labute approximate surface area is 148 Å². The number of ether oxygens (including phenoxy) is 1. The molecule has 5 heteroatoms. The van der Waals surface area contributed by atoms with Crippen molar-refractivity contribution in [3.8, 4) is 17.0 Å². The van der Waals surface area contributed by atoms with Crippen LogP contribution >= 0.6 is 11.3 Å². The lowest BCUT2D eigenvalue weighted by atomic mass is 10.1. The van der Waals surface area contributed by atoms with Gasteiger partial charge < -0.3 is 10.1 Å². The summed E-state index contributed by atoms with van der Waals surface area (Å²) < 4.78 is 18.9. The Morgan fingerprint density at radius 3 is 2.72 bits per heavy atom. The van der Waals surface area contributed by atoms with Crippen molar-refractivity contribution in [2.75, 3.05) is 12.4 Å².